The lowest BCUT2D eigenvalue weighted by atomic mass is 10.2. The zero-order chi connectivity index (χ0) is 17.4. The molecular formula is C18H19N3O3. The fourth-order valence-electron chi connectivity index (χ4n) is 1.86. The van der Waals surface area contributed by atoms with Crippen LogP contribution in [-0.4, -0.2) is 18.5 Å². The summed E-state index contributed by atoms with van der Waals surface area (Å²) >= 11 is 0. The Hall–Kier alpha value is -3.28. The van der Waals surface area contributed by atoms with Crippen LogP contribution >= 0.6 is 0 Å². The van der Waals surface area contributed by atoms with Gasteiger partial charge in [-0.2, -0.15) is 0 Å². The van der Waals surface area contributed by atoms with Crippen LogP contribution in [0.2, 0.25) is 0 Å². The number of hydrogen-bond acceptors (Lipinski definition) is 3. The topological polar surface area (TPSA) is 83.4 Å². The molecule has 0 saturated carbocycles. The van der Waals surface area contributed by atoms with Gasteiger partial charge < -0.3 is 20.4 Å². The number of carbonyl (C=O) groups is 2. The molecule has 0 saturated heterocycles. The van der Waals surface area contributed by atoms with Gasteiger partial charge in [0.05, 0.1) is 0 Å². The van der Waals surface area contributed by atoms with E-state index in [1.807, 2.05) is 13.0 Å². The van der Waals surface area contributed by atoms with Crippen molar-refractivity contribution in [3.05, 3.63) is 66.6 Å². The number of amides is 3. The maximum atomic E-state index is 11.8. The standard InChI is InChI=1S/C18H19N3O3/c1-3-12-19-18(23)21-15-7-5-14(6-8-15)20-17(22)11-10-16-9-4-13(2)24-16/h3-11H,1,12H2,2H3,(H,20,22)(H2,19,21,23)/b11-10+. The normalized spacial score (nSPS) is 10.4. The zero-order valence-electron chi connectivity index (χ0n) is 13.3. The van der Waals surface area contributed by atoms with Crippen molar-refractivity contribution in [2.45, 2.75) is 6.92 Å². The van der Waals surface area contributed by atoms with Gasteiger partial charge in [-0.3, -0.25) is 4.79 Å². The summed E-state index contributed by atoms with van der Waals surface area (Å²) in [4.78, 5) is 23.3. The van der Waals surface area contributed by atoms with Gasteiger partial charge in [0.15, 0.2) is 0 Å². The van der Waals surface area contributed by atoms with Crippen molar-refractivity contribution >= 4 is 29.4 Å². The van der Waals surface area contributed by atoms with E-state index in [0.29, 0.717) is 23.7 Å². The molecule has 3 amide bonds. The Labute approximate surface area is 140 Å². The van der Waals surface area contributed by atoms with Crippen LogP contribution in [0.1, 0.15) is 11.5 Å². The molecule has 0 atom stereocenters. The molecule has 2 rings (SSSR count). The SMILES string of the molecule is C=CCNC(=O)Nc1ccc(NC(=O)/C=C/c2ccc(C)o2)cc1. The Morgan fingerprint density at radius 1 is 1.08 bits per heavy atom. The van der Waals surface area contributed by atoms with Crippen molar-refractivity contribution in [1.82, 2.24) is 5.32 Å². The summed E-state index contributed by atoms with van der Waals surface area (Å²) in [5, 5.41) is 8.00. The van der Waals surface area contributed by atoms with Crippen molar-refractivity contribution in [2.75, 3.05) is 17.2 Å². The molecule has 124 valence electrons. The molecule has 0 radical (unpaired) electrons. The van der Waals surface area contributed by atoms with Gasteiger partial charge in [-0.15, -0.1) is 6.58 Å². The number of rotatable bonds is 6. The van der Waals surface area contributed by atoms with Crippen LogP contribution in [0.4, 0.5) is 16.2 Å². The minimum atomic E-state index is -0.316. The molecule has 1 aromatic carbocycles. The Morgan fingerprint density at radius 3 is 2.33 bits per heavy atom. The predicted octanol–water partition coefficient (Wildman–Crippen LogP) is 3.55. The summed E-state index contributed by atoms with van der Waals surface area (Å²) in [5.41, 5.74) is 1.24. The first-order valence-electron chi connectivity index (χ1n) is 7.38. The molecule has 6 heteroatoms. The second-order valence-corrected chi connectivity index (χ2v) is 4.97. The molecule has 0 fully saturated rings. The summed E-state index contributed by atoms with van der Waals surface area (Å²) in [5.74, 6) is 1.14. The van der Waals surface area contributed by atoms with Gasteiger partial charge in [-0.25, -0.2) is 4.79 Å². The van der Waals surface area contributed by atoms with E-state index < -0.39 is 0 Å². The molecule has 0 aliphatic carbocycles. The van der Waals surface area contributed by atoms with E-state index in [1.165, 1.54) is 6.08 Å². The van der Waals surface area contributed by atoms with Gasteiger partial charge in [0.1, 0.15) is 11.5 Å². The summed E-state index contributed by atoms with van der Waals surface area (Å²) in [6, 6.07) is 10.1. The molecule has 1 aromatic heterocycles. The lowest BCUT2D eigenvalue weighted by molar-refractivity contribution is -0.111. The van der Waals surface area contributed by atoms with Gasteiger partial charge in [0.25, 0.3) is 0 Å². The van der Waals surface area contributed by atoms with E-state index in [2.05, 4.69) is 22.5 Å². The number of nitrogens with one attached hydrogen (secondary N) is 3. The third kappa shape index (κ3) is 5.49. The molecule has 0 aliphatic heterocycles. The van der Waals surface area contributed by atoms with Crippen molar-refractivity contribution in [3.63, 3.8) is 0 Å². The van der Waals surface area contributed by atoms with Crippen LogP contribution in [0.25, 0.3) is 6.08 Å². The Kier molecular flexibility index (Phi) is 5.96. The molecule has 0 spiro atoms. The predicted molar refractivity (Wildman–Crippen MR) is 94.8 cm³/mol. The molecule has 1 heterocycles. The Balaban J connectivity index is 1.86. The third-order valence-corrected chi connectivity index (χ3v) is 2.98. The van der Waals surface area contributed by atoms with Gasteiger partial charge in [0, 0.05) is 24.0 Å². The van der Waals surface area contributed by atoms with E-state index in [0.717, 1.165) is 5.76 Å². The summed E-state index contributed by atoms with van der Waals surface area (Å²) in [6.45, 7) is 5.75. The zero-order valence-corrected chi connectivity index (χ0v) is 13.3. The van der Waals surface area contributed by atoms with E-state index in [9.17, 15) is 9.59 Å². The number of aryl methyl sites for hydroxylation is 1. The van der Waals surface area contributed by atoms with Gasteiger partial charge in [-0.05, 0) is 49.4 Å². The minimum absolute atomic E-state index is 0.270. The average molecular weight is 325 g/mol. The van der Waals surface area contributed by atoms with E-state index >= 15 is 0 Å². The molecular weight excluding hydrogens is 306 g/mol. The first-order valence-corrected chi connectivity index (χ1v) is 7.38. The largest absolute Gasteiger partial charge is 0.462 e. The molecule has 2 aromatic rings. The number of hydrogen-bond donors (Lipinski definition) is 3. The highest BCUT2D eigenvalue weighted by molar-refractivity contribution is 6.02. The molecule has 24 heavy (non-hydrogen) atoms. The van der Waals surface area contributed by atoms with E-state index in [-0.39, 0.29) is 11.9 Å². The smallest absolute Gasteiger partial charge is 0.319 e. The monoisotopic (exact) mass is 325 g/mol. The molecule has 0 unspecified atom stereocenters. The van der Waals surface area contributed by atoms with Gasteiger partial charge in [0.2, 0.25) is 5.91 Å². The summed E-state index contributed by atoms with van der Waals surface area (Å²) in [7, 11) is 0. The van der Waals surface area contributed by atoms with E-state index in [4.69, 9.17) is 4.42 Å². The second kappa shape index (κ2) is 8.38. The number of benzene rings is 1. The van der Waals surface area contributed by atoms with Gasteiger partial charge in [-0.1, -0.05) is 6.08 Å². The van der Waals surface area contributed by atoms with E-state index in [1.54, 1.807) is 42.5 Å². The van der Waals surface area contributed by atoms with Crippen LogP contribution in [0.15, 0.2) is 59.5 Å². The van der Waals surface area contributed by atoms with Crippen LogP contribution in [0, 0.1) is 6.92 Å². The lowest BCUT2D eigenvalue weighted by Crippen LogP contribution is -2.28. The van der Waals surface area contributed by atoms with Crippen LogP contribution in [0.5, 0.6) is 0 Å². The lowest BCUT2D eigenvalue weighted by Gasteiger charge is -2.07. The second-order valence-electron chi connectivity index (χ2n) is 4.97. The number of furan rings is 1. The van der Waals surface area contributed by atoms with Crippen LogP contribution in [0.3, 0.4) is 0 Å². The fraction of sp³-hybridized carbons (Fsp3) is 0.111. The molecule has 3 N–H and O–H groups in total. The maximum Gasteiger partial charge on any atom is 0.319 e. The highest BCUT2D eigenvalue weighted by atomic mass is 16.3. The van der Waals surface area contributed by atoms with Crippen LogP contribution < -0.4 is 16.0 Å². The third-order valence-electron chi connectivity index (χ3n) is 2.98. The number of carbonyl (C=O) groups excluding carboxylic acids is 2. The summed E-state index contributed by atoms with van der Waals surface area (Å²) in [6.07, 6.45) is 4.59. The van der Waals surface area contributed by atoms with Gasteiger partial charge >= 0.3 is 6.03 Å². The van der Waals surface area contributed by atoms with Crippen molar-refractivity contribution < 1.29 is 14.0 Å². The van der Waals surface area contributed by atoms with Crippen molar-refractivity contribution in [1.29, 1.82) is 0 Å². The highest BCUT2D eigenvalue weighted by Gasteiger charge is 2.02. The minimum Gasteiger partial charge on any atom is -0.462 e. The quantitative estimate of drug-likeness (QED) is 0.561. The van der Waals surface area contributed by atoms with Crippen molar-refractivity contribution in [2.24, 2.45) is 0 Å². The number of anilines is 2. The molecule has 6 nitrogen and oxygen atoms in total. The fourth-order valence-corrected chi connectivity index (χ4v) is 1.86. The Bertz CT molecular complexity index is 745. The highest BCUT2D eigenvalue weighted by Crippen LogP contribution is 2.14. The first kappa shape index (κ1) is 17.1. The van der Waals surface area contributed by atoms with Crippen LogP contribution in [-0.2, 0) is 4.79 Å². The maximum absolute atomic E-state index is 11.8. The average Bonchev–Trinajstić information content (AvgIpc) is 2.98. The first-order chi connectivity index (χ1) is 11.6. The Morgan fingerprint density at radius 2 is 1.75 bits per heavy atom. The number of urea groups is 1. The summed E-state index contributed by atoms with van der Waals surface area (Å²) < 4.78 is 5.35. The molecule has 0 bridgehead atoms. The molecule has 0 aliphatic rings. The van der Waals surface area contributed by atoms with Crippen molar-refractivity contribution in [3.8, 4) is 0 Å².